The Bertz CT molecular complexity index is 1320. The number of alkyl halides is 3. The number of fused-ring (bicyclic) bond motifs is 1. The molecular formula is C26H27F3N6O2. The van der Waals surface area contributed by atoms with Gasteiger partial charge in [0.2, 0.25) is 5.91 Å². The number of carbonyl (C=O) groups is 1. The number of H-pyrrole nitrogens is 1. The molecule has 0 bridgehead atoms. The first-order valence-electron chi connectivity index (χ1n) is 11.7. The van der Waals surface area contributed by atoms with Gasteiger partial charge in [0.15, 0.2) is 0 Å². The van der Waals surface area contributed by atoms with Gasteiger partial charge in [0.25, 0.3) is 0 Å². The summed E-state index contributed by atoms with van der Waals surface area (Å²) in [6.07, 6.45) is -3.03. The lowest BCUT2D eigenvalue weighted by Gasteiger charge is -2.36. The number of nitrogens with one attached hydrogen (secondary N) is 1. The summed E-state index contributed by atoms with van der Waals surface area (Å²) < 4.78 is 44.5. The maximum atomic E-state index is 13.1. The van der Waals surface area contributed by atoms with Crippen LogP contribution in [0.25, 0.3) is 10.9 Å². The van der Waals surface area contributed by atoms with Crippen molar-refractivity contribution in [3.8, 4) is 5.75 Å². The number of aryl methyl sites for hydroxylation is 1. The predicted molar refractivity (Wildman–Crippen MR) is 133 cm³/mol. The summed E-state index contributed by atoms with van der Waals surface area (Å²) in [4.78, 5) is 24.0. The van der Waals surface area contributed by atoms with Crippen LogP contribution < -0.4 is 9.64 Å². The van der Waals surface area contributed by atoms with Crippen LogP contribution in [0.1, 0.15) is 17.1 Å². The number of hydrogen-bond donors (Lipinski definition) is 1. The Morgan fingerprint density at radius 2 is 1.76 bits per heavy atom. The number of carbonyl (C=O) groups excluding carboxylic acids is 1. The van der Waals surface area contributed by atoms with Crippen LogP contribution in [-0.4, -0.2) is 64.3 Å². The van der Waals surface area contributed by atoms with Crippen LogP contribution in [0.2, 0.25) is 0 Å². The average Bonchev–Trinajstić information content (AvgIpc) is 3.41. The second kappa shape index (κ2) is 11.3. The third-order valence-corrected chi connectivity index (χ3v) is 6.00. The molecule has 3 heterocycles. The van der Waals surface area contributed by atoms with Gasteiger partial charge in [-0.15, -0.1) is 0 Å². The summed E-state index contributed by atoms with van der Waals surface area (Å²) in [7, 11) is 1.40. The molecule has 1 amide bonds. The molecule has 0 unspecified atom stereocenters. The van der Waals surface area contributed by atoms with Crippen LogP contribution in [0.4, 0.5) is 18.9 Å². The molecule has 0 saturated carbocycles. The number of methoxy groups -OCH3 is 1. The highest BCUT2D eigenvalue weighted by molar-refractivity contribution is 5.96. The van der Waals surface area contributed by atoms with Crippen LogP contribution >= 0.6 is 0 Å². The summed E-state index contributed by atoms with van der Waals surface area (Å²) in [6.45, 7) is 4.16. The molecule has 1 aliphatic rings. The Morgan fingerprint density at radius 1 is 1.03 bits per heavy atom. The summed E-state index contributed by atoms with van der Waals surface area (Å²) in [5, 5.41) is 6.98. The monoisotopic (exact) mass is 512 g/mol. The second-order valence-electron chi connectivity index (χ2n) is 8.51. The molecule has 2 aromatic heterocycles. The summed E-state index contributed by atoms with van der Waals surface area (Å²) in [6, 6.07) is 16.1. The van der Waals surface area contributed by atoms with E-state index in [9.17, 15) is 18.0 Å². The van der Waals surface area contributed by atoms with Gasteiger partial charge in [-0.2, -0.15) is 18.3 Å². The number of benzene rings is 2. The largest absolute Gasteiger partial charge is 0.494 e. The standard InChI is InChI=1S/C19H19F3N6O2.C7H8/c1-30-14-4-3-13(12-2-5-15(19(20,21)22)25-18(12)14)27-6-8-28(9-7-27)17(29)10-16-23-11-24-26-16;1-7-5-3-2-4-6-7/h2-5,11H,6-10H2,1H3,(H,23,24,26);2-6H,1H3. The Kier molecular flexibility index (Phi) is 7.90. The lowest BCUT2D eigenvalue weighted by Crippen LogP contribution is -2.49. The van der Waals surface area contributed by atoms with Crippen molar-refractivity contribution >= 4 is 22.5 Å². The van der Waals surface area contributed by atoms with Gasteiger partial charge in [-0.1, -0.05) is 35.9 Å². The van der Waals surface area contributed by atoms with Crippen molar-refractivity contribution in [1.82, 2.24) is 25.1 Å². The molecule has 0 aliphatic carbocycles. The molecule has 1 aliphatic heterocycles. The minimum Gasteiger partial charge on any atom is -0.494 e. The zero-order chi connectivity index (χ0) is 26.4. The first-order valence-corrected chi connectivity index (χ1v) is 11.7. The van der Waals surface area contributed by atoms with Crippen molar-refractivity contribution in [2.45, 2.75) is 19.5 Å². The molecule has 194 valence electrons. The van der Waals surface area contributed by atoms with E-state index in [1.807, 2.05) is 29.2 Å². The molecule has 2 aromatic carbocycles. The van der Waals surface area contributed by atoms with E-state index in [1.54, 1.807) is 11.0 Å². The molecule has 0 radical (unpaired) electrons. The van der Waals surface area contributed by atoms with Gasteiger partial charge in [0.1, 0.15) is 29.1 Å². The third-order valence-electron chi connectivity index (χ3n) is 6.00. The van der Waals surface area contributed by atoms with E-state index in [0.29, 0.717) is 37.4 Å². The quantitative estimate of drug-likeness (QED) is 0.440. The second-order valence-corrected chi connectivity index (χ2v) is 8.51. The zero-order valence-corrected chi connectivity index (χ0v) is 20.5. The molecule has 0 spiro atoms. The highest BCUT2D eigenvalue weighted by Gasteiger charge is 2.33. The molecule has 11 heteroatoms. The highest BCUT2D eigenvalue weighted by Crippen LogP contribution is 2.36. The number of piperazine rings is 1. The normalized spacial score (nSPS) is 13.8. The van der Waals surface area contributed by atoms with E-state index >= 15 is 0 Å². The maximum Gasteiger partial charge on any atom is 0.433 e. The molecule has 37 heavy (non-hydrogen) atoms. The van der Waals surface area contributed by atoms with Crippen molar-refractivity contribution in [3.05, 3.63) is 78.0 Å². The molecule has 0 atom stereocenters. The topological polar surface area (TPSA) is 87.2 Å². The van der Waals surface area contributed by atoms with Crippen molar-refractivity contribution in [2.24, 2.45) is 0 Å². The minimum absolute atomic E-state index is 0.0533. The molecule has 1 N–H and O–H groups in total. The van der Waals surface area contributed by atoms with E-state index in [4.69, 9.17) is 4.74 Å². The SMILES string of the molecule is COc1ccc(N2CCN(C(=O)Cc3ncn[nH]3)CC2)c2ccc(C(F)(F)F)nc12.Cc1ccccc1. The fraction of sp³-hybridized carbons (Fsp3) is 0.308. The molecular weight excluding hydrogens is 485 g/mol. The van der Waals surface area contributed by atoms with Crippen LogP contribution in [0.5, 0.6) is 5.75 Å². The van der Waals surface area contributed by atoms with E-state index in [1.165, 1.54) is 25.1 Å². The maximum absolute atomic E-state index is 13.1. The lowest BCUT2D eigenvalue weighted by molar-refractivity contribution is -0.141. The van der Waals surface area contributed by atoms with Gasteiger partial charge in [0, 0.05) is 37.3 Å². The van der Waals surface area contributed by atoms with Crippen molar-refractivity contribution in [3.63, 3.8) is 0 Å². The van der Waals surface area contributed by atoms with Crippen molar-refractivity contribution in [2.75, 3.05) is 38.2 Å². The van der Waals surface area contributed by atoms with Crippen LogP contribution in [0, 0.1) is 6.92 Å². The Hall–Kier alpha value is -4.15. The van der Waals surface area contributed by atoms with E-state index < -0.39 is 11.9 Å². The van der Waals surface area contributed by atoms with Crippen molar-refractivity contribution in [1.29, 1.82) is 0 Å². The van der Waals surface area contributed by atoms with Gasteiger partial charge < -0.3 is 14.5 Å². The Labute approximate surface area is 212 Å². The third kappa shape index (κ3) is 6.35. The van der Waals surface area contributed by atoms with Gasteiger partial charge >= 0.3 is 6.18 Å². The molecule has 1 fully saturated rings. The number of aromatic nitrogens is 4. The first-order chi connectivity index (χ1) is 17.8. The average molecular weight is 513 g/mol. The number of amides is 1. The van der Waals surface area contributed by atoms with Crippen LogP contribution in [-0.2, 0) is 17.4 Å². The predicted octanol–water partition coefficient (Wildman–Crippen LogP) is 4.27. The lowest BCUT2D eigenvalue weighted by atomic mass is 10.1. The number of halogens is 3. The molecule has 4 aromatic rings. The Morgan fingerprint density at radius 3 is 2.32 bits per heavy atom. The smallest absolute Gasteiger partial charge is 0.433 e. The summed E-state index contributed by atoms with van der Waals surface area (Å²) in [5.74, 6) is 0.735. The number of anilines is 1. The first kappa shape index (κ1) is 25.9. The van der Waals surface area contributed by atoms with E-state index in [2.05, 4.69) is 39.2 Å². The fourth-order valence-corrected chi connectivity index (χ4v) is 4.08. The molecule has 1 saturated heterocycles. The van der Waals surface area contributed by atoms with Crippen LogP contribution in [0.15, 0.2) is 60.9 Å². The van der Waals surface area contributed by atoms with Crippen molar-refractivity contribution < 1.29 is 22.7 Å². The minimum atomic E-state index is -4.54. The summed E-state index contributed by atoms with van der Waals surface area (Å²) in [5.41, 5.74) is 1.28. The number of pyridine rings is 1. The fourth-order valence-electron chi connectivity index (χ4n) is 4.08. The van der Waals surface area contributed by atoms with E-state index in [-0.39, 0.29) is 23.6 Å². The number of aromatic amines is 1. The van der Waals surface area contributed by atoms with Gasteiger partial charge in [-0.25, -0.2) is 9.97 Å². The zero-order valence-electron chi connectivity index (χ0n) is 20.5. The van der Waals surface area contributed by atoms with Gasteiger partial charge in [0.05, 0.1) is 13.5 Å². The number of rotatable bonds is 4. The number of nitrogens with zero attached hydrogens (tertiary/aromatic N) is 5. The Balaban J connectivity index is 0.000000396. The van der Waals surface area contributed by atoms with Gasteiger partial charge in [-0.3, -0.25) is 9.89 Å². The molecule has 8 nitrogen and oxygen atoms in total. The molecule has 5 rings (SSSR count). The number of ether oxygens (including phenoxy) is 1. The summed E-state index contributed by atoms with van der Waals surface area (Å²) >= 11 is 0. The van der Waals surface area contributed by atoms with E-state index in [0.717, 1.165) is 11.8 Å². The van der Waals surface area contributed by atoms with Crippen LogP contribution in [0.3, 0.4) is 0 Å². The van der Waals surface area contributed by atoms with Gasteiger partial charge in [-0.05, 0) is 31.2 Å². The number of hydrogen-bond acceptors (Lipinski definition) is 6. The highest BCUT2D eigenvalue weighted by atomic mass is 19.4.